The van der Waals surface area contributed by atoms with Crippen molar-refractivity contribution in [2.45, 2.75) is 32.9 Å². The van der Waals surface area contributed by atoms with Crippen LogP contribution in [0.2, 0.25) is 0 Å². The van der Waals surface area contributed by atoms with Crippen molar-refractivity contribution in [3.8, 4) is 0 Å². The first kappa shape index (κ1) is 17.2. The van der Waals surface area contributed by atoms with Crippen molar-refractivity contribution in [1.82, 2.24) is 9.80 Å². The Bertz CT molecular complexity index is 362. The van der Waals surface area contributed by atoms with Crippen LogP contribution in [0.1, 0.15) is 32.4 Å². The van der Waals surface area contributed by atoms with Crippen LogP contribution in [0.5, 0.6) is 0 Å². The van der Waals surface area contributed by atoms with Crippen LogP contribution >= 0.6 is 0 Å². The zero-order chi connectivity index (χ0) is 15.1. The van der Waals surface area contributed by atoms with Crippen LogP contribution in [0.25, 0.3) is 0 Å². The number of nitrogens with zero attached hydrogens (tertiary/aromatic N) is 2. The molecule has 0 aliphatic rings. The number of hydrogen-bond acceptors (Lipinski definition) is 3. The highest BCUT2D eigenvalue weighted by Gasteiger charge is 2.22. The molecule has 0 bridgehead atoms. The summed E-state index contributed by atoms with van der Waals surface area (Å²) in [5.74, 6) is 0.655. The van der Waals surface area contributed by atoms with Gasteiger partial charge in [0.05, 0.1) is 0 Å². The predicted molar refractivity (Wildman–Crippen MR) is 87.8 cm³/mol. The Kier molecular flexibility index (Phi) is 7.20. The lowest BCUT2D eigenvalue weighted by atomic mass is 9.99. The molecule has 2 atom stereocenters. The van der Waals surface area contributed by atoms with Crippen LogP contribution in [-0.4, -0.2) is 49.6 Å². The van der Waals surface area contributed by atoms with Crippen LogP contribution < -0.4 is 5.73 Å². The summed E-state index contributed by atoms with van der Waals surface area (Å²) in [5.41, 5.74) is 7.69. The first-order valence-electron chi connectivity index (χ1n) is 7.61. The van der Waals surface area contributed by atoms with Crippen molar-refractivity contribution in [3.05, 3.63) is 35.9 Å². The van der Waals surface area contributed by atoms with E-state index in [2.05, 4.69) is 68.9 Å². The molecule has 0 fully saturated rings. The summed E-state index contributed by atoms with van der Waals surface area (Å²) >= 11 is 0. The highest BCUT2D eigenvalue weighted by Crippen LogP contribution is 2.19. The zero-order valence-corrected chi connectivity index (χ0v) is 13.7. The van der Waals surface area contributed by atoms with Gasteiger partial charge in [-0.2, -0.15) is 0 Å². The van der Waals surface area contributed by atoms with E-state index in [4.69, 9.17) is 5.73 Å². The molecular formula is C17H31N3. The molecule has 0 radical (unpaired) electrons. The lowest BCUT2D eigenvalue weighted by molar-refractivity contribution is 0.151. The second kappa shape index (κ2) is 8.40. The molecule has 1 rings (SSSR count). The van der Waals surface area contributed by atoms with E-state index in [-0.39, 0.29) is 6.04 Å². The van der Waals surface area contributed by atoms with Gasteiger partial charge in [0.2, 0.25) is 0 Å². The molecule has 114 valence electrons. The van der Waals surface area contributed by atoms with Gasteiger partial charge in [0.15, 0.2) is 0 Å². The molecule has 20 heavy (non-hydrogen) atoms. The lowest BCUT2D eigenvalue weighted by Crippen LogP contribution is -2.45. The minimum absolute atomic E-state index is 0.0668. The molecular weight excluding hydrogens is 246 g/mol. The van der Waals surface area contributed by atoms with Crippen molar-refractivity contribution in [3.63, 3.8) is 0 Å². The van der Waals surface area contributed by atoms with E-state index in [0.717, 1.165) is 19.6 Å². The number of likely N-dealkylation sites (N-methyl/N-ethyl adjacent to an activating group) is 1. The molecule has 2 unspecified atom stereocenters. The molecule has 0 saturated carbocycles. The number of nitrogens with two attached hydrogens (primary N) is 1. The molecule has 0 aliphatic carbocycles. The molecule has 0 heterocycles. The van der Waals surface area contributed by atoms with E-state index < -0.39 is 0 Å². The summed E-state index contributed by atoms with van der Waals surface area (Å²) in [4.78, 5) is 4.75. The third-order valence-corrected chi connectivity index (χ3v) is 3.71. The van der Waals surface area contributed by atoms with Crippen LogP contribution in [-0.2, 0) is 0 Å². The van der Waals surface area contributed by atoms with Crippen molar-refractivity contribution in [1.29, 1.82) is 0 Å². The van der Waals surface area contributed by atoms with Gasteiger partial charge >= 0.3 is 0 Å². The van der Waals surface area contributed by atoms with Gasteiger partial charge in [-0.15, -0.1) is 0 Å². The first-order valence-corrected chi connectivity index (χ1v) is 7.61. The highest BCUT2D eigenvalue weighted by atomic mass is 15.2. The van der Waals surface area contributed by atoms with Crippen LogP contribution in [0.4, 0.5) is 0 Å². The van der Waals surface area contributed by atoms with E-state index in [1.54, 1.807) is 0 Å². The van der Waals surface area contributed by atoms with E-state index >= 15 is 0 Å². The van der Waals surface area contributed by atoms with Gasteiger partial charge in [-0.25, -0.2) is 0 Å². The normalized spacial score (nSPS) is 15.1. The van der Waals surface area contributed by atoms with Crippen molar-refractivity contribution >= 4 is 0 Å². The fraction of sp³-hybridized carbons (Fsp3) is 0.647. The second-order valence-corrected chi connectivity index (χ2v) is 6.37. The summed E-state index contributed by atoms with van der Waals surface area (Å²) in [7, 11) is 4.24. The molecule has 0 spiro atoms. The van der Waals surface area contributed by atoms with Crippen molar-refractivity contribution in [2.75, 3.05) is 33.7 Å². The number of rotatable bonds is 8. The topological polar surface area (TPSA) is 32.5 Å². The summed E-state index contributed by atoms with van der Waals surface area (Å²) < 4.78 is 0. The van der Waals surface area contributed by atoms with E-state index in [1.165, 1.54) is 5.56 Å². The average Bonchev–Trinajstić information content (AvgIpc) is 2.42. The Morgan fingerprint density at radius 1 is 1.00 bits per heavy atom. The van der Waals surface area contributed by atoms with Crippen LogP contribution in [0.3, 0.4) is 0 Å². The van der Waals surface area contributed by atoms with Gasteiger partial charge in [0.1, 0.15) is 0 Å². The van der Waals surface area contributed by atoms with Gasteiger partial charge in [-0.3, -0.25) is 4.90 Å². The Balaban J connectivity index is 2.72. The molecule has 0 aliphatic heterocycles. The molecule has 0 aromatic heterocycles. The molecule has 0 amide bonds. The quantitative estimate of drug-likeness (QED) is 0.793. The molecule has 3 nitrogen and oxygen atoms in total. The van der Waals surface area contributed by atoms with Gasteiger partial charge in [0.25, 0.3) is 0 Å². The van der Waals surface area contributed by atoms with Gasteiger partial charge < -0.3 is 10.6 Å². The third-order valence-electron chi connectivity index (χ3n) is 3.71. The van der Waals surface area contributed by atoms with E-state index in [1.807, 2.05) is 6.07 Å². The standard InChI is InChI=1S/C17H31N3/c1-14(2)13-20(12-11-19(4)5)15(3)17(18)16-9-7-6-8-10-16/h6-10,14-15,17H,11-13,18H2,1-5H3. The van der Waals surface area contributed by atoms with Crippen LogP contribution in [0, 0.1) is 5.92 Å². The summed E-state index contributed by atoms with van der Waals surface area (Å²) in [6.07, 6.45) is 0. The summed E-state index contributed by atoms with van der Waals surface area (Å²) in [5, 5.41) is 0. The number of hydrogen-bond donors (Lipinski definition) is 1. The van der Waals surface area contributed by atoms with E-state index in [9.17, 15) is 0 Å². The minimum Gasteiger partial charge on any atom is -0.323 e. The largest absolute Gasteiger partial charge is 0.323 e. The molecule has 2 N–H and O–H groups in total. The third kappa shape index (κ3) is 5.61. The SMILES string of the molecule is CC(C)CN(CCN(C)C)C(C)C(N)c1ccccc1. The number of benzene rings is 1. The lowest BCUT2D eigenvalue weighted by Gasteiger charge is -2.35. The average molecular weight is 277 g/mol. The molecule has 1 aromatic carbocycles. The fourth-order valence-corrected chi connectivity index (χ4v) is 2.44. The maximum absolute atomic E-state index is 6.47. The smallest absolute Gasteiger partial charge is 0.0450 e. The van der Waals surface area contributed by atoms with Gasteiger partial charge in [0, 0.05) is 31.7 Å². The van der Waals surface area contributed by atoms with Gasteiger partial charge in [-0.05, 0) is 32.5 Å². The van der Waals surface area contributed by atoms with Gasteiger partial charge in [-0.1, -0.05) is 44.2 Å². The summed E-state index contributed by atoms with van der Waals surface area (Å²) in [6, 6.07) is 10.8. The van der Waals surface area contributed by atoms with E-state index in [0.29, 0.717) is 12.0 Å². The summed E-state index contributed by atoms with van der Waals surface area (Å²) in [6.45, 7) is 10.0. The Labute approximate surface area is 124 Å². The molecule has 0 saturated heterocycles. The van der Waals surface area contributed by atoms with Crippen molar-refractivity contribution < 1.29 is 0 Å². The highest BCUT2D eigenvalue weighted by molar-refractivity contribution is 5.19. The molecule has 1 aromatic rings. The first-order chi connectivity index (χ1) is 9.41. The Morgan fingerprint density at radius 3 is 2.10 bits per heavy atom. The monoisotopic (exact) mass is 277 g/mol. The Hall–Kier alpha value is -0.900. The zero-order valence-electron chi connectivity index (χ0n) is 13.7. The fourth-order valence-electron chi connectivity index (χ4n) is 2.44. The predicted octanol–water partition coefficient (Wildman–Crippen LogP) is 2.59. The maximum atomic E-state index is 6.47. The Morgan fingerprint density at radius 2 is 1.60 bits per heavy atom. The molecule has 3 heteroatoms. The second-order valence-electron chi connectivity index (χ2n) is 6.37. The van der Waals surface area contributed by atoms with Crippen molar-refractivity contribution in [2.24, 2.45) is 11.7 Å². The minimum atomic E-state index is 0.0668. The van der Waals surface area contributed by atoms with Crippen LogP contribution in [0.15, 0.2) is 30.3 Å². The maximum Gasteiger partial charge on any atom is 0.0450 e.